The Labute approximate surface area is 153 Å². The van der Waals surface area contributed by atoms with E-state index in [0.717, 1.165) is 62.2 Å². The van der Waals surface area contributed by atoms with Crippen molar-refractivity contribution in [2.75, 3.05) is 26.7 Å². The molecule has 2 fully saturated rings. The van der Waals surface area contributed by atoms with Gasteiger partial charge in [-0.25, -0.2) is 4.98 Å². The summed E-state index contributed by atoms with van der Waals surface area (Å²) in [5.74, 6) is 1.14. The smallest absolute Gasteiger partial charge is 0.256 e. The molecule has 2 aromatic rings. The van der Waals surface area contributed by atoms with Crippen molar-refractivity contribution in [3.05, 3.63) is 29.6 Å². The van der Waals surface area contributed by atoms with E-state index >= 15 is 0 Å². The Balaban J connectivity index is 1.49. The molecule has 1 spiro atoms. The van der Waals surface area contributed by atoms with Crippen molar-refractivity contribution >= 4 is 22.8 Å². The molecule has 0 radical (unpaired) electrons. The molecule has 1 aromatic heterocycles. The number of hydrogen-bond acceptors (Lipinski definition) is 3. The third-order valence-electron chi connectivity index (χ3n) is 6.25. The summed E-state index contributed by atoms with van der Waals surface area (Å²) in [6.45, 7) is 4.26. The number of aromatic nitrogens is 2. The van der Waals surface area contributed by atoms with E-state index in [1.54, 1.807) is 0 Å². The van der Waals surface area contributed by atoms with Crippen LogP contribution in [-0.4, -0.2) is 58.3 Å². The number of aryl methyl sites for hydroxylation is 1. The van der Waals surface area contributed by atoms with Gasteiger partial charge in [-0.1, -0.05) is 6.07 Å². The summed E-state index contributed by atoms with van der Waals surface area (Å²) in [6.07, 6.45) is 4.60. The van der Waals surface area contributed by atoms with Gasteiger partial charge < -0.3 is 14.8 Å². The number of imidazole rings is 1. The first-order valence-electron chi connectivity index (χ1n) is 9.46. The van der Waals surface area contributed by atoms with E-state index in [9.17, 15) is 9.59 Å². The van der Waals surface area contributed by atoms with E-state index in [1.807, 2.05) is 42.0 Å². The lowest BCUT2D eigenvalue weighted by Crippen LogP contribution is -2.43. The van der Waals surface area contributed by atoms with Gasteiger partial charge in [0.05, 0.1) is 11.1 Å². The molecule has 138 valence electrons. The van der Waals surface area contributed by atoms with Crippen LogP contribution < -0.4 is 0 Å². The van der Waals surface area contributed by atoms with Crippen LogP contribution in [0.4, 0.5) is 0 Å². The van der Waals surface area contributed by atoms with Gasteiger partial charge in [0.15, 0.2) is 0 Å². The zero-order valence-electron chi connectivity index (χ0n) is 15.5. The largest absolute Gasteiger partial charge is 0.346 e. The summed E-state index contributed by atoms with van der Waals surface area (Å²) in [5, 5.41) is 0. The maximum Gasteiger partial charge on any atom is 0.256 e. The van der Waals surface area contributed by atoms with Crippen molar-refractivity contribution in [3.63, 3.8) is 0 Å². The second-order valence-corrected chi connectivity index (χ2v) is 7.88. The van der Waals surface area contributed by atoms with Crippen LogP contribution in [0.2, 0.25) is 0 Å². The highest BCUT2D eigenvalue weighted by Gasteiger charge is 2.38. The minimum Gasteiger partial charge on any atom is -0.346 e. The fraction of sp³-hybridized carbons (Fsp3) is 0.550. The molecular formula is C20H26N4O2. The fourth-order valence-electron chi connectivity index (χ4n) is 4.40. The molecule has 2 saturated heterocycles. The first kappa shape index (κ1) is 17.1. The number of H-pyrrole nitrogens is 1. The van der Waals surface area contributed by atoms with Gasteiger partial charge in [-0.05, 0) is 50.2 Å². The molecule has 26 heavy (non-hydrogen) atoms. The molecule has 0 saturated carbocycles. The second kappa shape index (κ2) is 6.41. The SMILES string of the molecule is Cc1nc2c(C(=O)N3CCC4(CCC(=O)N(C)CC4)CC3)cccc2[nH]1. The maximum absolute atomic E-state index is 13.1. The summed E-state index contributed by atoms with van der Waals surface area (Å²) in [4.78, 5) is 36.6. The van der Waals surface area contributed by atoms with E-state index in [4.69, 9.17) is 0 Å². The standard InChI is InChI=1S/C20H26N4O2/c1-14-21-16-5-3-4-15(18(16)22-14)19(26)24-12-9-20(10-13-24)7-6-17(25)23(2)11-8-20/h3-5H,6-13H2,1-2H3,(H,21,22). The van der Waals surface area contributed by atoms with Gasteiger partial charge in [-0.3, -0.25) is 9.59 Å². The number of aromatic amines is 1. The molecule has 4 rings (SSSR count). The average Bonchev–Trinajstić information content (AvgIpc) is 2.98. The Hall–Kier alpha value is -2.37. The maximum atomic E-state index is 13.1. The molecule has 2 aliphatic rings. The van der Waals surface area contributed by atoms with Crippen LogP contribution in [0.3, 0.4) is 0 Å². The number of para-hydroxylation sites is 1. The lowest BCUT2D eigenvalue weighted by Gasteiger charge is -2.41. The zero-order valence-corrected chi connectivity index (χ0v) is 15.5. The van der Waals surface area contributed by atoms with E-state index in [2.05, 4.69) is 9.97 Å². The normalized spacial score (nSPS) is 20.6. The molecular weight excluding hydrogens is 328 g/mol. The van der Waals surface area contributed by atoms with Crippen molar-refractivity contribution in [1.82, 2.24) is 19.8 Å². The Morgan fingerprint density at radius 3 is 2.65 bits per heavy atom. The molecule has 0 atom stereocenters. The molecule has 1 N–H and O–H groups in total. The number of rotatable bonds is 1. The predicted molar refractivity (Wildman–Crippen MR) is 99.9 cm³/mol. The van der Waals surface area contributed by atoms with Crippen molar-refractivity contribution in [2.45, 2.75) is 39.0 Å². The van der Waals surface area contributed by atoms with Crippen molar-refractivity contribution < 1.29 is 9.59 Å². The van der Waals surface area contributed by atoms with E-state index < -0.39 is 0 Å². The number of benzene rings is 1. The predicted octanol–water partition coefficient (Wildman–Crippen LogP) is 2.74. The minimum atomic E-state index is 0.0683. The van der Waals surface area contributed by atoms with Gasteiger partial charge in [-0.15, -0.1) is 0 Å². The van der Waals surface area contributed by atoms with Crippen LogP contribution in [0.15, 0.2) is 18.2 Å². The first-order chi connectivity index (χ1) is 12.5. The van der Waals surface area contributed by atoms with Gasteiger partial charge in [0, 0.05) is 33.1 Å². The lowest BCUT2D eigenvalue weighted by molar-refractivity contribution is -0.129. The van der Waals surface area contributed by atoms with Crippen LogP contribution in [0.5, 0.6) is 0 Å². The van der Waals surface area contributed by atoms with Crippen molar-refractivity contribution in [3.8, 4) is 0 Å². The number of carbonyl (C=O) groups is 2. The summed E-state index contributed by atoms with van der Waals surface area (Å²) < 4.78 is 0. The number of carbonyl (C=O) groups excluding carboxylic acids is 2. The van der Waals surface area contributed by atoms with Gasteiger partial charge in [0.1, 0.15) is 11.3 Å². The number of amides is 2. The Kier molecular flexibility index (Phi) is 4.21. The number of nitrogens with one attached hydrogen (secondary N) is 1. The van der Waals surface area contributed by atoms with Gasteiger partial charge >= 0.3 is 0 Å². The molecule has 6 nitrogen and oxygen atoms in total. The van der Waals surface area contributed by atoms with Crippen LogP contribution in [0.25, 0.3) is 11.0 Å². The molecule has 2 aliphatic heterocycles. The summed E-state index contributed by atoms with van der Waals surface area (Å²) in [6, 6.07) is 5.73. The molecule has 3 heterocycles. The molecule has 0 bridgehead atoms. The second-order valence-electron chi connectivity index (χ2n) is 7.88. The number of fused-ring (bicyclic) bond motifs is 1. The molecule has 6 heteroatoms. The van der Waals surface area contributed by atoms with Gasteiger partial charge in [-0.2, -0.15) is 0 Å². The van der Waals surface area contributed by atoms with E-state index in [1.165, 1.54) is 0 Å². The van der Waals surface area contributed by atoms with E-state index in [0.29, 0.717) is 12.0 Å². The highest BCUT2D eigenvalue weighted by Crippen LogP contribution is 2.41. The van der Waals surface area contributed by atoms with Crippen LogP contribution in [-0.2, 0) is 4.79 Å². The number of hydrogen-bond donors (Lipinski definition) is 1. The average molecular weight is 354 g/mol. The lowest BCUT2D eigenvalue weighted by atomic mass is 9.73. The van der Waals surface area contributed by atoms with Crippen molar-refractivity contribution in [1.29, 1.82) is 0 Å². The van der Waals surface area contributed by atoms with Gasteiger partial charge in [0.2, 0.25) is 5.91 Å². The fourth-order valence-corrected chi connectivity index (χ4v) is 4.40. The van der Waals surface area contributed by atoms with Crippen LogP contribution in [0, 0.1) is 12.3 Å². The summed E-state index contributed by atoms with van der Waals surface area (Å²) in [7, 11) is 1.90. The first-order valence-corrected chi connectivity index (χ1v) is 9.46. The number of nitrogens with zero attached hydrogens (tertiary/aromatic N) is 3. The topological polar surface area (TPSA) is 69.3 Å². The van der Waals surface area contributed by atoms with Crippen molar-refractivity contribution in [2.24, 2.45) is 5.41 Å². The quantitative estimate of drug-likeness (QED) is 0.856. The molecule has 0 unspecified atom stereocenters. The minimum absolute atomic E-state index is 0.0683. The Bertz CT molecular complexity index is 849. The van der Waals surface area contributed by atoms with Crippen LogP contribution >= 0.6 is 0 Å². The zero-order chi connectivity index (χ0) is 18.3. The van der Waals surface area contributed by atoms with Crippen LogP contribution in [0.1, 0.15) is 48.3 Å². The van der Waals surface area contributed by atoms with E-state index in [-0.39, 0.29) is 17.2 Å². The number of likely N-dealkylation sites (tertiary alicyclic amines) is 2. The Morgan fingerprint density at radius 2 is 1.88 bits per heavy atom. The number of piperidine rings is 1. The molecule has 1 aromatic carbocycles. The molecule has 0 aliphatic carbocycles. The third kappa shape index (κ3) is 2.97. The monoisotopic (exact) mass is 354 g/mol. The Morgan fingerprint density at radius 1 is 1.15 bits per heavy atom. The van der Waals surface area contributed by atoms with Gasteiger partial charge in [0.25, 0.3) is 5.91 Å². The highest BCUT2D eigenvalue weighted by molar-refractivity contribution is 6.04. The highest BCUT2D eigenvalue weighted by atomic mass is 16.2. The summed E-state index contributed by atoms with van der Waals surface area (Å²) in [5.41, 5.74) is 2.56. The summed E-state index contributed by atoms with van der Waals surface area (Å²) >= 11 is 0. The third-order valence-corrected chi connectivity index (χ3v) is 6.25. The molecule has 2 amide bonds.